The molecule has 6 nitrogen and oxygen atoms in total. The second-order valence-electron chi connectivity index (χ2n) is 5.39. The fourth-order valence-corrected chi connectivity index (χ4v) is 2.71. The highest BCUT2D eigenvalue weighted by molar-refractivity contribution is 6.31. The first-order valence-corrected chi connectivity index (χ1v) is 6.67. The molecule has 2 N–H and O–H groups in total. The number of furan rings is 1. The Balaban J connectivity index is 2.35. The molecule has 1 aromatic carbocycles. The summed E-state index contributed by atoms with van der Waals surface area (Å²) < 4.78 is 29.9. The average molecular weight is 307 g/mol. The lowest BCUT2D eigenvalue weighted by molar-refractivity contribution is -0.191. The molecule has 3 rings (SSSR count). The Morgan fingerprint density at radius 2 is 1.82 bits per heavy atom. The maximum atomic E-state index is 14.3. The molecule has 1 aromatic heterocycles. The van der Waals surface area contributed by atoms with Crippen molar-refractivity contribution in [2.24, 2.45) is 5.73 Å². The lowest BCUT2D eigenvalue weighted by Gasteiger charge is -2.29. The van der Waals surface area contributed by atoms with E-state index in [1.165, 1.54) is 13.2 Å². The highest BCUT2D eigenvalue weighted by Gasteiger charge is 2.54. The summed E-state index contributed by atoms with van der Waals surface area (Å²) in [5.74, 6) is -4.78. The van der Waals surface area contributed by atoms with E-state index in [0.29, 0.717) is 16.5 Å². The van der Waals surface area contributed by atoms with Crippen molar-refractivity contribution in [1.82, 2.24) is 0 Å². The smallest absolute Gasteiger partial charge is 0.421 e. The monoisotopic (exact) mass is 307 g/mol. The zero-order valence-electron chi connectivity index (χ0n) is 12.2. The van der Waals surface area contributed by atoms with E-state index < -0.39 is 29.6 Å². The van der Waals surface area contributed by atoms with Crippen molar-refractivity contribution in [2.75, 3.05) is 0 Å². The van der Waals surface area contributed by atoms with Crippen LogP contribution in [0.3, 0.4) is 0 Å². The number of nitrogens with two attached hydrogens (primary N) is 1. The first-order chi connectivity index (χ1) is 10.3. The molecule has 1 unspecified atom stereocenters. The van der Waals surface area contributed by atoms with Crippen LogP contribution in [0.2, 0.25) is 0 Å². The zero-order valence-corrected chi connectivity index (χ0v) is 12.2. The predicted octanol–water partition coefficient (Wildman–Crippen LogP) is 1.79. The quantitative estimate of drug-likeness (QED) is 0.672. The number of ether oxygens (including phenoxy) is 2. The summed E-state index contributed by atoms with van der Waals surface area (Å²) in [4.78, 5) is 23.0. The van der Waals surface area contributed by atoms with Crippen LogP contribution in [0.15, 0.2) is 16.7 Å². The lowest BCUT2D eigenvalue weighted by atomic mass is 9.94. The predicted molar refractivity (Wildman–Crippen MR) is 73.2 cm³/mol. The third-order valence-corrected chi connectivity index (χ3v) is 3.85. The summed E-state index contributed by atoms with van der Waals surface area (Å²) in [7, 11) is 0. The standard InChI is InChI=1S/C15H14FNO5/c1-6-5-20-12-9(4-10(16)7(2)11(6)12)15(8(3)17)21-13(18)14(19)22-15/h4-5,8H,17H2,1-3H3. The number of hydrogen-bond acceptors (Lipinski definition) is 6. The molecule has 1 aliphatic rings. The molecule has 0 amide bonds. The number of esters is 2. The third kappa shape index (κ3) is 1.75. The van der Waals surface area contributed by atoms with Crippen LogP contribution >= 0.6 is 0 Å². The van der Waals surface area contributed by atoms with Crippen LogP contribution in [0.1, 0.15) is 23.6 Å². The number of aryl methyl sites for hydroxylation is 2. The van der Waals surface area contributed by atoms with E-state index in [1.54, 1.807) is 13.8 Å². The van der Waals surface area contributed by atoms with Gasteiger partial charge in [0.15, 0.2) is 0 Å². The van der Waals surface area contributed by atoms with Gasteiger partial charge in [-0.15, -0.1) is 0 Å². The lowest BCUT2D eigenvalue weighted by Crippen LogP contribution is -2.45. The van der Waals surface area contributed by atoms with Gasteiger partial charge in [0.2, 0.25) is 0 Å². The van der Waals surface area contributed by atoms with Crippen molar-refractivity contribution in [1.29, 1.82) is 0 Å². The third-order valence-electron chi connectivity index (χ3n) is 3.85. The van der Waals surface area contributed by atoms with Crippen molar-refractivity contribution in [2.45, 2.75) is 32.6 Å². The van der Waals surface area contributed by atoms with Gasteiger partial charge in [0.25, 0.3) is 0 Å². The minimum Gasteiger partial charge on any atom is -0.463 e. The Morgan fingerprint density at radius 1 is 1.23 bits per heavy atom. The first-order valence-electron chi connectivity index (χ1n) is 6.67. The minimum atomic E-state index is -1.90. The Kier molecular flexibility index (Phi) is 3.00. The molecule has 1 fully saturated rings. The van der Waals surface area contributed by atoms with Gasteiger partial charge < -0.3 is 19.6 Å². The molecule has 7 heteroatoms. The molecule has 0 bridgehead atoms. The number of cyclic esters (lactones) is 2. The van der Waals surface area contributed by atoms with E-state index in [-0.39, 0.29) is 11.1 Å². The molecule has 1 atom stereocenters. The maximum absolute atomic E-state index is 14.3. The molecule has 22 heavy (non-hydrogen) atoms. The topological polar surface area (TPSA) is 91.8 Å². The van der Waals surface area contributed by atoms with Crippen molar-refractivity contribution in [3.05, 3.63) is 34.8 Å². The maximum Gasteiger partial charge on any atom is 0.421 e. The Bertz CT molecular complexity index is 792. The van der Waals surface area contributed by atoms with Gasteiger partial charge in [0, 0.05) is 5.39 Å². The SMILES string of the molecule is Cc1coc2c(C3(C(C)N)OC(=O)C(=O)O3)cc(F)c(C)c12. The first kappa shape index (κ1) is 14.5. The second kappa shape index (κ2) is 4.54. The molecule has 2 heterocycles. The fourth-order valence-electron chi connectivity index (χ4n) is 2.71. The van der Waals surface area contributed by atoms with Crippen LogP contribution < -0.4 is 5.73 Å². The van der Waals surface area contributed by atoms with Gasteiger partial charge in [-0.25, -0.2) is 14.0 Å². The van der Waals surface area contributed by atoms with Gasteiger partial charge in [-0.2, -0.15) is 0 Å². The van der Waals surface area contributed by atoms with Gasteiger partial charge in [0.1, 0.15) is 11.4 Å². The zero-order chi connectivity index (χ0) is 16.2. The molecule has 0 spiro atoms. The van der Waals surface area contributed by atoms with E-state index in [1.807, 2.05) is 0 Å². The fraction of sp³-hybridized carbons (Fsp3) is 0.333. The van der Waals surface area contributed by atoms with Gasteiger partial charge in [-0.05, 0) is 38.0 Å². The summed E-state index contributed by atoms with van der Waals surface area (Å²) >= 11 is 0. The number of carbonyl (C=O) groups excluding carboxylic acids is 2. The summed E-state index contributed by atoms with van der Waals surface area (Å²) in [6.07, 6.45) is 1.45. The highest BCUT2D eigenvalue weighted by Crippen LogP contribution is 2.41. The number of hydrogen-bond donors (Lipinski definition) is 1. The Hall–Kier alpha value is -2.41. The number of fused-ring (bicyclic) bond motifs is 1. The number of halogens is 1. The van der Waals surface area contributed by atoms with Crippen LogP contribution in [0.25, 0.3) is 11.0 Å². The minimum absolute atomic E-state index is 0.0768. The number of rotatable bonds is 2. The van der Waals surface area contributed by atoms with Crippen LogP contribution in [0.4, 0.5) is 4.39 Å². The molecule has 1 aliphatic heterocycles. The van der Waals surface area contributed by atoms with Crippen molar-refractivity contribution in [3.8, 4) is 0 Å². The normalized spacial score (nSPS) is 18.4. The summed E-state index contributed by atoms with van der Waals surface area (Å²) in [5, 5.41) is 0.536. The van der Waals surface area contributed by atoms with Crippen LogP contribution in [0, 0.1) is 19.7 Å². The van der Waals surface area contributed by atoms with E-state index in [9.17, 15) is 14.0 Å². The average Bonchev–Trinajstić information content (AvgIpc) is 2.97. The van der Waals surface area contributed by atoms with Gasteiger partial charge >= 0.3 is 17.7 Å². The van der Waals surface area contributed by atoms with Crippen LogP contribution in [0.5, 0.6) is 0 Å². The number of benzene rings is 1. The van der Waals surface area contributed by atoms with E-state index in [2.05, 4.69) is 0 Å². The van der Waals surface area contributed by atoms with Gasteiger partial charge in [-0.3, -0.25) is 0 Å². The van der Waals surface area contributed by atoms with E-state index in [4.69, 9.17) is 19.6 Å². The van der Waals surface area contributed by atoms with E-state index >= 15 is 0 Å². The van der Waals surface area contributed by atoms with Crippen LogP contribution in [-0.4, -0.2) is 18.0 Å². The van der Waals surface area contributed by atoms with E-state index in [0.717, 1.165) is 6.07 Å². The Labute approximate surface area is 125 Å². The van der Waals surface area contributed by atoms with Gasteiger partial charge in [-0.1, -0.05) is 0 Å². The molecular formula is C15H14FNO5. The summed E-state index contributed by atoms with van der Waals surface area (Å²) in [6, 6.07) is 0.203. The van der Waals surface area contributed by atoms with Crippen molar-refractivity contribution >= 4 is 22.9 Å². The Morgan fingerprint density at radius 3 is 2.36 bits per heavy atom. The largest absolute Gasteiger partial charge is 0.463 e. The van der Waals surface area contributed by atoms with Crippen LogP contribution in [-0.2, 0) is 24.8 Å². The molecule has 1 saturated heterocycles. The second-order valence-corrected chi connectivity index (χ2v) is 5.39. The molecule has 116 valence electrons. The molecule has 0 aliphatic carbocycles. The summed E-state index contributed by atoms with van der Waals surface area (Å²) in [6.45, 7) is 4.85. The number of carbonyl (C=O) groups is 2. The van der Waals surface area contributed by atoms with Crippen molar-refractivity contribution < 1.29 is 27.9 Å². The summed E-state index contributed by atoms with van der Waals surface area (Å²) in [5.41, 5.74) is 7.31. The van der Waals surface area contributed by atoms with Gasteiger partial charge in [0.05, 0.1) is 17.9 Å². The molecule has 0 radical (unpaired) electrons. The highest BCUT2D eigenvalue weighted by atomic mass is 19.1. The molecule has 2 aromatic rings. The van der Waals surface area contributed by atoms with Crippen molar-refractivity contribution in [3.63, 3.8) is 0 Å². The molecular weight excluding hydrogens is 293 g/mol. The molecule has 0 saturated carbocycles.